The van der Waals surface area contributed by atoms with Crippen molar-refractivity contribution in [3.63, 3.8) is 0 Å². The topological polar surface area (TPSA) is 52.1 Å². The summed E-state index contributed by atoms with van der Waals surface area (Å²) in [5.41, 5.74) is 1.60. The van der Waals surface area contributed by atoms with E-state index in [1.165, 1.54) is 35.3 Å². The molecule has 2 rings (SSSR count). The average Bonchev–Trinajstić information content (AvgIpc) is 2.49. The minimum absolute atomic E-state index is 0.331. The van der Waals surface area contributed by atoms with Crippen LogP contribution in [0.15, 0.2) is 45.5 Å². The molecule has 0 aliphatic rings. The maximum atomic E-state index is 12.0. The number of rotatable bonds is 5. The molecule has 0 aliphatic carbocycles. The van der Waals surface area contributed by atoms with Gasteiger partial charge in [-0.3, -0.25) is 0 Å². The van der Waals surface area contributed by atoms with Crippen molar-refractivity contribution in [2.75, 3.05) is 12.9 Å². The van der Waals surface area contributed by atoms with Gasteiger partial charge in [-0.25, -0.2) is 14.8 Å². The van der Waals surface area contributed by atoms with Gasteiger partial charge in [-0.1, -0.05) is 41.2 Å². The maximum Gasteiger partial charge on any atom is 0.342 e. The van der Waals surface area contributed by atoms with Gasteiger partial charge >= 0.3 is 5.97 Å². The molecule has 0 radical (unpaired) electrons. The molecule has 1 aromatic heterocycles. The van der Waals surface area contributed by atoms with Gasteiger partial charge in [0.2, 0.25) is 0 Å². The Kier molecular flexibility index (Phi) is 5.64. The van der Waals surface area contributed by atoms with Crippen molar-refractivity contribution in [1.82, 2.24) is 9.97 Å². The van der Waals surface area contributed by atoms with Gasteiger partial charge in [0.15, 0.2) is 5.16 Å². The lowest BCUT2D eigenvalue weighted by atomic mass is 10.2. The Labute approximate surface area is 132 Å². The third-order valence-corrected chi connectivity index (χ3v) is 4.22. The molecule has 0 N–H and O–H groups in total. The SMILES string of the molecule is CCOC(=O)c1cnc(SC)nc1Sc1ccc(C)cc1. The van der Waals surface area contributed by atoms with Crippen molar-refractivity contribution < 1.29 is 9.53 Å². The van der Waals surface area contributed by atoms with Crippen LogP contribution in [0.5, 0.6) is 0 Å². The zero-order valence-electron chi connectivity index (χ0n) is 12.1. The van der Waals surface area contributed by atoms with Crippen molar-refractivity contribution in [3.05, 3.63) is 41.6 Å². The van der Waals surface area contributed by atoms with E-state index in [4.69, 9.17) is 4.74 Å². The molecule has 2 aromatic rings. The highest BCUT2D eigenvalue weighted by atomic mass is 32.2. The van der Waals surface area contributed by atoms with Crippen LogP contribution in [0.4, 0.5) is 0 Å². The van der Waals surface area contributed by atoms with Crippen LogP contribution in [0.3, 0.4) is 0 Å². The number of aryl methyl sites for hydroxylation is 1. The summed E-state index contributed by atoms with van der Waals surface area (Å²) in [4.78, 5) is 21.6. The van der Waals surface area contributed by atoms with E-state index in [1.807, 2.05) is 37.4 Å². The second-order valence-corrected chi connectivity index (χ2v) is 6.05. The predicted molar refractivity (Wildman–Crippen MR) is 85.1 cm³/mol. The van der Waals surface area contributed by atoms with E-state index >= 15 is 0 Å². The molecule has 0 spiro atoms. The Morgan fingerprint density at radius 3 is 2.62 bits per heavy atom. The molecule has 110 valence electrons. The molecule has 0 atom stereocenters. The molecule has 0 aliphatic heterocycles. The fourth-order valence-corrected chi connectivity index (χ4v) is 2.87. The van der Waals surface area contributed by atoms with E-state index in [1.54, 1.807) is 6.92 Å². The van der Waals surface area contributed by atoms with Crippen molar-refractivity contribution in [3.8, 4) is 0 Å². The lowest BCUT2D eigenvalue weighted by Crippen LogP contribution is -2.08. The maximum absolute atomic E-state index is 12.0. The fourth-order valence-electron chi connectivity index (χ4n) is 1.59. The minimum atomic E-state index is -0.389. The average molecular weight is 320 g/mol. The van der Waals surface area contributed by atoms with Gasteiger partial charge in [0.1, 0.15) is 10.6 Å². The third kappa shape index (κ3) is 4.22. The van der Waals surface area contributed by atoms with E-state index in [9.17, 15) is 4.79 Å². The molecular formula is C15H16N2O2S2. The zero-order valence-corrected chi connectivity index (χ0v) is 13.8. The first-order valence-electron chi connectivity index (χ1n) is 6.46. The van der Waals surface area contributed by atoms with Crippen LogP contribution in [0.25, 0.3) is 0 Å². The monoisotopic (exact) mass is 320 g/mol. The normalized spacial score (nSPS) is 10.4. The van der Waals surface area contributed by atoms with Crippen LogP contribution >= 0.6 is 23.5 Å². The minimum Gasteiger partial charge on any atom is -0.462 e. The standard InChI is InChI=1S/C15H16N2O2S2/c1-4-19-14(18)12-9-16-15(20-3)17-13(12)21-11-7-5-10(2)6-8-11/h5-9H,4H2,1-3H3. The van der Waals surface area contributed by atoms with Gasteiger partial charge in [-0.05, 0) is 32.2 Å². The Morgan fingerprint density at radius 1 is 1.29 bits per heavy atom. The number of aromatic nitrogens is 2. The van der Waals surface area contributed by atoms with Gasteiger partial charge < -0.3 is 4.74 Å². The number of benzene rings is 1. The Hall–Kier alpha value is -1.53. The first-order chi connectivity index (χ1) is 10.1. The van der Waals surface area contributed by atoms with Crippen molar-refractivity contribution in [1.29, 1.82) is 0 Å². The number of carbonyl (C=O) groups is 1. The Morgan fingerprint density at radius 2 is 2.00 bits per heavy atom. The van der Waals surface area contributed by atoms with E-state index < -0.39 is 0 Å². The third-order valence-electron chi connectivity index (χ3n) is 2.65. The molecule has 0 saturated carbocycles. The van der Waals surface area contributed by atoms with Crippen LogP contribution in [0.2, 0.25) is 0 Å². The lowest BCUT2D eigenvalue weighted by molar-refractivity contribution is 0.0520. The summed E-state index contributed by atoms with van der Waals surface area (Å²) in [6, 6.07) is 8.08. The van der Waals surface area contributed by atoms with Crippen LogP contribution in [-0.2, 0) is 4.74 Å². The molecule has 0 amide bonds. The zero-order chi connectivity index (χ0) is 15.2. The molecule has 0 unspecified atom stereocenters. The largest absolute Gasteiger partial charge is 0.462 e. The highest BCUT2D eigenvalue weighted by molar-refractivity contribution is 7.99. The van der Waals surface area contributed by atoms with E-state index in [2.05, 4.69) is 9.97 Å². The van der Waals surface area contributed by atoms with Gasteiger partial charge in [0.05, 0.1) is 6.61 Å². The smallest absolute Gasteiger partial charge is 0.342 e. The van der Waals surface area contributed by atoms with Crippen LogP contribution < -0.4 is 0 Å². The molecular weight excluding hydrogens is 304 g/mol. The van der Waals surface area contributed by atoms with Crippen LogP contribution in [0, 0.1) is 6.92 Å². The predicted octanol–water partition coefficient (Wildman–Crippen LogP) is 3.83. The molecule has 21 heavy (non-hydrogen) atoms. The molecule has 4 nitrogen and oxygen atoms in total. The van der Waals surface area contributed by atoms with Crippen molar-refractivity contribution in [2.24, 2.45) is 0 Å². The van der Waals surface area contributed by atoms with E-state index in [-0.39, 0.29) is 5.97 Å². The van der Waals surface area contributed by atoms with Crippen LogP contribution in [0.1, 0.15) is 22.8 Å². The second kappa shape index (κ2) is 7.47. The number of hydrogen-bond donors (Lipinski definition) is 0. The molecule has 6 heteroatoms. The summed E-state index contributed by atoms with van der Waals surface area (Å²) < 4.78 is 5.06. The van der Waals surface area contributed by atoms with Gasteiger partial charge in [0, 0.05) is 11.1 Å². The number of thioether (sulfide) groups is 1. The molecule has 0 fully saturated rings. The van der Waals surface area contributed by atoms with Gasteiger partial charge in [-0.15, -0.1) is 0 Å². The van der Waals surface area contributed by atoms with Gasteiger partial charge in [0.25, 0.3) is 0 Å². The van der Waals surface area contributed by atoms with Crippen molar-refractivity contribution in [2.45, 2.75) is 28.9 Å². The van der Waals surface area contributed by atoms with Crippen LogP contribution in [-0.4, -0.2) is 28.8 Å². The quantitative estimate of drug-likeness (QED) is 0.361. The number of hydrogen-bond acceptors (Lipinski definition) is 6. The molecule has 0 bridgehead atoms. The number of esters is 1. The summed E-state index contributed by atoms with van der Waals surface area (Å²) in [6.45, 7) is 4.15. The fraction of sp³-hybridized carbons (Fsp3) is 0.267. The number of ether oxygens (including phenoxy) is 1. The highest BCUT2D eigenvalue weighted by Crippen LogP contribution is 2.30. The molecule has 1 heterocycles. The summed E-state index contributed by atoms with van der Waals surface area (Å²) in [6.07, 6.45) is 3.44. The summed E-state index contributed by atoms with van der Waals surface area (Å²) in [5, 5.41) is 1.26. The first-order valence-corrected chi connectivity index (χ1v) is 8.50. The molecule has 0 saturated heterocycles. The van der Waals surface area contributed by atoms with Crippen molar-refractivity contribution >= 4 is 29.5 Å². The van der Waals surface area contributed by atoms with E-state index in [0.717, 1.165) is 4.90 Å². The highest BCUT2D eigenvalue weighted by Gasteiger charge is 2.16. The number of carbonyl (C=O) groups excluding carboxylic acids is 1. The Balaban J connectivity index is 2.34. The summed E-state index contributed by atoms with van der Waals surface area (Å²) in [5.74, 6) is -0.389. The van der Waals surface area contributed by atoms with E-state index in [0.29, 0.717) is 22.4 Å². The first kappa shape index (κ1) is 15.9. The number of nitrogens with zero attached hydrogens (tertiary/aromatic N) is 2. The summed E-state index contributed by atoms with van der Waals surface area (Å²) >= 11 is 2.88. The Bertz CT molecular complexity index is 630. The lowest BCUT2D eigenvalue weighted by Gasteiger charge is -2.08. The molecule has 1 aromatic carbocycles. The van der Waals surface area contributed by atoms with Gasteiger partial charge in [-0.2, -0.15) is 0 Å². The second-order valence-electron chi connectivity index (χ2n) is 4.21. The summed E-state index contributed by atoms with van der Waals surface area (Å²) in [7, 11) is 0.